The van der Waals surface area contributed by atoms with Crippen LogP contribution in [0.4, 0.5) is 4.79 Å². The number of carbonyl (C=O) groups is 1. The van der Waals surface area contributed by atoms with Crippen LogP contribution in [0.3, 0.4) is 0 Å². The molecule has 0 aliphatic heterocycles. The topological polar surface area (TPSA) is 47.6 Å². The Bertz CT molecular complexity index is 560. The Morgan fingerprint density at radius 1 is 1.26 bits per heavy atom. The maximum absolute atomic E-state index is 11.7. The highest BCUT2D eigenvalue weighted by atomic mass is 16.6. The molecule has 23 heavy (non-hydrogen) atoms. The van der Waals surface area contributed by atoms with Crippen LogP contribution < -0.4 is 10.1 Å². The van der Waals surface area contributed by atoms with Crippen molar-refractivity contribution in [3.63, 3.8) is 0 Å². The minimum absolute atomic E-state index is 0.332. The van der Waals surface area contributed by atoms with E-state index in [0.29, 0.717) is 18.4 Å². The first-order chi connectivity index (χ1) is 10.9. The molecule has 0 heterocycles. The van der Waals surface area contributed by atoms with E-state index in [1.165, 1.54) is 18.4 Å². The molecule has 126 valence electrons. The van der Waals surface area contributed by atoms with Gasteiger partial charge < -0.3 is 14.8 Å². The summed E-state index contributed by atoms with van der Waals surface area (Å²) in [4.78, 5) is 11.7. The summed E-state index contributed by atoms with van der Waals surface area (Å²) in [5, 5.41) is 2.88. The molecule has 2 fully saturated rings. The van der Waals surface area contributed by atoms with Crippen molar-refractivity contribution in [2.75, 3.05) is 13.2 Å². The minimum Gasteiger partial charge on any atom is -0.493 e. The lowest BCUT2D eigenvalue weighted by Crippen LogP contribution is -2.33. The third-order valence-corrected chi connectivity index (χ3v) is 4.32. The van der Waals surface area contributed by atoms with E-state index in [9.17, 15) is 4.79 Å². The highest BCUT2D eigenvalue weighted by Gasteiger charge is 2.40. The van der Waals surface area contributed by atoms with Gasteiger partial charge in [-0.2, -0.15) is 0 Å². The van der Waals surface area contributed by atoms with E-state index < -0.39 is 5.60 Å². The van der Waals surface area contributed by atoms with Gasteiger partial charge in [0, 0.05) is 6.54 Å². The lowest BCUT2D eigenvalue weighted by molar-refractivity contribution is 0.0525. The number of rotatable bonds is 6. The zero-order valence-electron chi connectivity index (χ0n) is 14.3. The Balaban J connectivity index is 1.49. The molecule has 1 N–H and O–H groups in total. The molecule has 0 spiro atoms. The Labute approximate surface area is 138 Å². The van der Waals surface area contributed by atoms with E-state index >= 15 is 0 Å². The van der Waals surface area contributed by atoms with Gasteiger partial charge in [0.2, 0.25) is 0 Å². The summed E-state index contributed by atoms with van der Waals surface area (Å²) in [6.07, 6.45) is 3.36. The molecule has 4 heteroatoms. The monoisotopic (exact) mass is 317 g/mol. The van der Waals surface area contributed by atoms with Crippen molar-refractivity contribution in [2.24, 2.45) is 11.8 Å². The standard InChI is InChI=1S/C19H27NO3/c1-19(2,3)23-18(21)20-11-14-10-16(14)15-6-4-5-7-17(15)22-12-13-8-9-13/h4-7,13-14,16H,8-12H2,1-3H3,(H,20,21)/t14-,16+/m1/s1. The highest BCUT2D eigenvalue weighted by molar-refractivity contribution is 5.67. The first kappa shape index (κ1) is 16.2. The largest absolute Gasteiger partial charge is 0.493 e. The molecule has 0 unspecified atom stereocenters. The second-order valence-electron chi connectivity index (χ2n) is 7.78. The van der Waals surface area contributed by atoms with Crippen LogP contribution in [0.1, 0.15) is 51.5 Å². The molecule has 2 aliphatic rings. The van der Waals surface area contributed by atoms with Crippen LogP contribution in [0.25, 0.3) is 0 Å². The lowest BCUT2D eigenvalue weighted by atomic mass is 10.1. The number of alkyl carbamates (subject to hydrolysis) is 1. The maximum atomic E-state index is 11.7. The number of nitrogens with one attached hydrogen (secondary N) is 1. The molecule has 1 aromatic carbocycles. The van der Waals surface area contributed by atoms with Crippen LogP contribution >= 0.6 is 0 Å². The van der Waals surface area contributed by atoms with Gasteiger partial charge in [-0.3, -0.25) is 0 Å². The van der Waals surface area contributed by atoms with E-state index in [1.54, 1.807) is 0 Å². The smallest absolute Gasteiger partial charge is 0.407 e. The molecule has 1 amide bonds. The summed E-state index contributed by atoms with van der Waals surface area (Å²) >= 11 is 0. The number of ether oxygens (including phenoxy) is 2. The summed E-state index contributed by atoms with van der Waals surface area (Å²) in [6.45, 7) is 7.13. The minimum atomic E-state index is -0.448. The van der Waals surface area contributed by atoms with Gasteiger partial charge in [-0.25, -0.2) is 4.79 Å². The van der Waals surface area contributed by atoms with Crippen molar-refractivity contribution in [1.82, 2.24) is 5.32 Å². The number of benzene rings is 1. The second kappa shape index (κ2) is 6.42. The van der Waals surface area contributed by atoms with Crippen molar-refractivity contribution < 1.29 is 14.3 Å². The Morgan fingerprint density at radius 2 is 2.00 bits per heavy atom. The summed E-state index contributed by atoms with van der Waals surface area (Å²) in [5.74, 6) is 2.74. The molecule has 0 saturated heterocycles. The van der Waals surface area contributed by atoms with Gasteiger partial charge in [-0.1, -0.05) is 18.2 Å². The predicted octanol–water partition coefficient (Wildman–Crippen LogP) is 4.10. The first-order valence-electron chi connectivity index (χ1n) is 8.61. The Kier molecular flexibility index (Phi) is 4.51. The van der Waals surface area contributed by atoms with Crippen LogP contribution in [0.15, 0.2) is 24.3 Å². The SMILES string of the molecule is CC(C)(C)OC(=O)NC[C@H]1C[C@@H]1c1ccccc1OCC1CC1. The summed E-state index contributed by atoms with van der Waals surface area (Å²) in [6, 6.07) is 8.31. The van der Waals surface area contributed by atoms with Gasteiger partial charge in [0.25, 0.3) is 0 Å². The number of amides is 1. The lowest BCUT2D eigenvalue weighted by Gasteiger charge is -2.19. The highest BCUT2D eigenvalue weighted by Crippen LogP contribution is 2.50. The average Bonchev–Trinajstić information content (AvgIpc) is 3.36. The van der Waals surface area contributed by atoms with Crippen LogP contribution in [0.5, 0.6) is 5.75 Å². The van der Waals surface area contributed by atoms with E-state index in [0.717, 1.165) is 24.7 Å². The van der Waals surface area contributed by atoms with Crippen molar-refractivity contribution in [2.45, 2.75) is 51.6 Å². The predicted molar refractivity (Wildman–Crippen MR) is 89.7 cm³/mol. The van der Waals surface area contributed by atoms with E-state index in [1.807, 2.05) is 26.8 Å². The summed E-state index contributed by atoms with van der Waals surface area (Å²) in [5.41, 5.74) is 0.833. The third kappa shape index (κ3) is 4.88. The van der Waals surface area contributed by atoms with Gasteiger partial charge in [0.1, 0.15) is 11.4 Å². The molecular weight excluding hydrogens is 290 g/mol. The van der Waals surface area contributed by atoms with E-state index in [-0.39, 0.29) is 6.09 Å². The van der Waals surface area contributed by atoms with E-state index in [4.69, 9.17) is 9.47 Å². The molecule has 1 aromatic rings. The maximum Gasteiger partial charge on any atom is 0.407 e. The molecule has 2 saturated carbocycles. The van der Waals surface area contributed by atoms with Crippen molar-refractivity contribution in [3.8, 4) is 5.75 Å². The van der Waals surface area contributed by atoms with E-state index in [2.05, 4.69) is 23.5 Å². The van der Waals surface area contributed by atoms with Gasteiger partial charge >= 0.3 is 6.09 Å². The molecule has 0 bridgehead atoms. The van der Waals surface area contributed by atoms with Gasteiger partial charge in [-0.05, 0) is 69.4 Å². The van der Waals surface area contributed by atoms with Gasteiger partial charge in [0.15, 0.2) is 0 Å². The van der Waals surface area contributed by atoms with Crippen LogP contribution in [-0.2, 0) is 4.74 Å². The zero-order chi connectivity index (χ0) is 16.4. The molecular formula is C19H27NO3. The third-order valence-electron chi connectivity index (χ3n) is 4.32. The molecule has 4 nitrogen and oxygen atoms in total. The fourth-order valence-electron chi connectivity index (χ4n) is 2.79. The fourth-order valence-corrected chi connectivity index (χ4v) is 2.79. The number of hydrogen-bond acceptors (Lipinski definition) is 3. The molecule has 2 aliphatic carbocycles. The van der Waals surface area contributed by atoms with Crippen molar-refractivity contribution in [3.05, 3.63) is 29.8 Å². The normalized spacial score (nSPS) is 23.3. The summed E-state index contributed by atoms with van der Waals surface area (Å²) < 4.78 is 11.3. The fraction of sp³-hybridized carbons (Fsp3) is 0.632. The molecule has 2 atom stereocenters. The number of hydrogen-bond donors (Lipinski definition) is 1. The van der Waals surface area contributed by atoms with Crippen molar-refractivity contribution >= 4 is 6.09 Å². The Morgan fingerprint density at radius 3 is 2.70 bits per heavy atom. The van der Waals surface area contributed by atoms with Crippen LogP contribution in [0, 0.1) is 11.8 Å². The van der Waals surface area contributed by atoms with Crippen LogP contribution in [-0.4, -0.2) is 24.8 Å². The second-order valence-corrected chi connectivity index (χ2v) is 7.78. The molecule has 0 radical (unpaired) electrons. The average molecular weight is 317 g/mol. The molecule has 3 rings (SSSR count). The van der Waals surface area contributed by atoms with Gasteiger partial charge in [-0.15, -0.1) is 0 Å². The van der Waals surface area contributed by atoms with Crippen LogP contribution in [0.2, 0.25) is 0 Å². The van der Waals surface area contributed by atoms with Crippen molar-refractivity contribution in [1.29, 1.82) is 0 Å². The van der Waals surface area contributed by atoms with Gasteiger partial charge in [0.05, 0.1) is 6.61 Å². The molecule has 0 aromatic heterocycles. The zero-order valence-corrected chi connectivity index (χ0v) is 14.3. The number of para-hydroxylation sites is 1. The quantitative estimate of drug-likeness (QED) is 0.859. The number of carbonyl (C=O) groups excluding carboxylic acids is 1. The summed E-state index contributed by atoms with van der Waals surface area (Å²) in [7, 11) is 0. The first-order valence-corrected chi connectivity index (χ1v) is 8.61. The Hall–Kier alpha value is -1.71.